The predicted octanol–water partition coefficient (Wildman–Crippen LogP) is 0.598. The lowest BCUT2D eigenvalue weighted by atomic mass is 9.94. The zero-order valence-corrected chi connectivity index (χ0v) is 9.58. The third-order valence-electron chi connectivity index (χ3n) is 2.93. The molecule has 1 aliphatic rings. The van der Waals surface area contributed by atoms with Gasteiger partial charge in [0, 0.05) is 33.2 Å². The van der Waals surface area contributed by atoms with E-state index in [0.717, 1.165) is 19.5 Å². The zero-order valence-electron chi connectivity index (χ0n) is 9.58. The molecule has 0 aromatic heterocycles. The molecule has 1 fully saturated rings. The van der Waals surface area contributed by atoms with Gasteiger partial charge in [-0.05, 0) is 19.4 Å². The predicted molar refractivity (Wildman–Crippen MR) is 57.3 cm³/mol. The highest BCUT2D eigenvalue weighted by Crippen LogP contribution is 2.17. The van der Waals surface area contributed by atoms with E-state index in [1.165, 1.54) is 0 Å². The van der Waals surface area contributed by atoms with Crippen molar-refractivity contribution in [3.05, 3.63) is 0 Å². The Kier molecular flexibility index (Phi) is 3.75. The van der Waals surface area contributed by atoms with Crippen LogP contribution in [0.1, 0.15) is 13.3 Å². The largest absolute Gasteiger partial charge is 0.331 e. The molecule has 0 radical (unpaired) electrons. The molecule has 0 spiro atoms. The molecule has 2 unspecified atom stereocenters. The highest BCUT2D eigenvalue weighted by atomic mass is 16.2. The quantitative estimate of drug-likeness (QED) is 0.671. The highest BCUT2D eigenvalue weighted by Gasteiger charge is 2.27. The first-order valence-corrected chi connectivity index (χ1v) is 5.19. The summed E-state index contributed by atoms with van der Waals surface area (Å²) in [5.74, 6) is 0.539. The molecule has 0 bridgehead atoms. The SMILES string of the molecule is CNC1CCN(C(=O)N(C)C)CC1C. The number of likely N-dealkylation sites (tertiary alicyclic amines) is 1. The van der Waals surface area contributed by atoms with Crippen LogP contribution in [0.5, 0.6) is 0 Å². The third kappa shape index (κ3) is 2.38. The Morgan fingerprint density at radius 2 is 2.14 bits per heavy atom. The van der Waals surface area contributed by atoms with Crippen LogP contribution >= 0.6 is 0 Å². The molecular weight excluding hydrogens is 178 g/mol. The van der Waals surface area contributed by atoms with Crippen molar-refractivity contribution in [2.45, 2.75) is 19.4 Å². The summed E-state index contributed by atoms with van der Waals surface area (Å²) in [6.45, 7) is 3.92. The van der Waals surface area contributed by atoms with E-state index in [1.807, 2.05) is 11.9 Å². The van der Waals surface area contributed by atoms with Crippen LogP contribution in [0, 0.1) is 5.92 Å². The normalized spacial score (nSPS) is 27.6. The van der Waals surface area contributed by atoms with E-state index < -0.39 is 0 Å². The van der Waals surface area contributed by atoms with Crippen LogP contribution in [-0.4, -0.2) is 56.1 Å². The molecule has 4 nitrogen and oxygen atoms in total. The molecule has 2 amide bonds. The van der Waals surface area contributed by atoms with Gasteiger partial charge in [0.05, 0.1) is 0 Å². The second-order valence-corrected chi connectivity index (χ2v) is 4.28. The summed E-state index contributed by atoms with van der Waals surface area (Å²) in [6, 6.07) is 0.688. The summed E-state index contributed by atoms with van der Waals surface area (Å²) in [4.78, 5) is 15.2. The average Bonchev–Trinajstić information content (AvgIpc) is 2.16. The minimum Gasteiger partial charge on any atom is -0.331 e. The van der Waals surface area contributed by atoms with Gasteiger partial charge in [-0.3, -0.25) is 0 Å². The van der Waals surface area contributed by atoms with E-state index in [2.05, 4.69) is 12.2 Å². The first-order valence-electron chi connectivity index (χ1n) is 5.19. The van der Waals surface area contributed by atoms with Gasteiger partial charge in [0.25, 0.3) is 0 Å². The maximum atomic E-state index is 11.7. The number of amides is 2. The second-order valence-electron chi connectivity index (χ2n) is 4.28. The van der Waals surface area contributed by atoms with Crippen molar-refractivity contribution in [2.24, 2.45) is 5.92 Å². The molecule has 82 valence electrons. The van der Waals surface area contributed by atoms with Crippen molar-refractivity contribution in [2.75, 3.05) is 34.2 Å². The smallest absolute Gasteiger partial charge is 0.319 e. The summed E-state index contributed by atoms with van der Waals surface area (Å²) >= 11 is 0. The fourth-order valence-corrected chi connectivity index (χ4v) is 2.03. The molecule has 4 heteroatoms. The number of nitrogens with zero attached hydrogens (tertiary/aromatic N) is 2. The molecule has 0 aliphatic carbocycles. The number of rotatable bonds is 1. The number of piperidine rings is 1. The van der Waals surface area contributed by atoms with Crippen LogP contribution in [0.3, 0.4) is 0 Å². The number of carbonyl (C=O) groups is 1. The number of nitrogens with one attached hydrogen (secondary N) is 1. The van der Waals surface area contributed by atoms with Crippen molar-refractivity contribution in [3.63, 3.8) is 0 Å². The maximum absolute atomic E-state index is 11.7. The van der Waals surface area contributed by atoms with Crippen molar-refractivity contribution < 1.29 is 4.79 Å². The minimum absolute atomic E-state index is 0.131. The van der Waals surface area contributed by atoms with Gasteiger partial charge in [-0.25, -0.2) is 4.79 Å². The summed E-state index contributed by atoms with van der Waals surface area (Å²) in [5.41, 5.74) is 0. The van der Waals surface area contributed by atoms with Crippen LogP contribution in [-0.2, 0) is 0 Å². The second kappa shape index (κ2) is 4.64. The zero-order chi connectivity index (χ0) is 10.7. The van der Waals surface area contributed by atoms with E-state index in [0.29, 0.717) is 12.0 Å². The van der Waals surface area contributed by atoms with Gasteiger partial charge < -0.3 is 15.1 Å². The third-order valence-corrected chi connectivity index (χ3v) is 2.93. The van der Waals surface area contributed by atoms with Crippen molar-refractivity contribution >= 4 is 6.03 Å². The lowest BCUT2D eigenvalue weighted by molar-refractivity contribution is 0.133. The Balaban J connectivity index is 2.50. The van der Waals surface area contributed by atoms with Gasteiger partial charge in [-0.2, -0.15) is 0 Å². The van der Waals surface area contributed by atoms with Crippen molar-refractivity contribution in [1.82, 2.24) is 15.1 Å². The first-order chi connectivity index (χ1) is 6.56. The number of hydrogen-bond acceptors (Lipinski definition) is 2. The molecule has 1 N–H and O–H groups in total. The Labute approximate surface area is 86.2 Å². The Hall–Kier alpha value is -0.770. The van der Waals surface area contributed by atoms with E-state index in [4.69, 9.17) is 0 Å². The fourth-order valence-electron chi connectivity index (χ4n) is 2.03. The summed E-state index contributed by atoms with van der Waals surface area (Å²) in [6.07, 6.45) is 1.05. The molecule has 0 saturated carbocycles. The average molecular weight is 199 g/mol. The van der Waals surface area contributed by atoms with Gasteiger partial charge in [0.1, 0.15) is 0 Å². The van der Waals surface area contributed by atoms with Crippen molar-refractivity contribution in [1.29, 1.82) is 0 Å². The van der Waals surface area contributed by atoms with Gasteiger partial charge >= 0.3 is 6.03 Å². The molecule has 0 aromatic carbocycles. The highest BCUT2D eigenvalue weighted by molar-refractivity contribution is 5.73. The van der Waals surface area contributed by atoms with Crippen LogP contribution < -0.4 is 5.32 Å². The Bertz CT molecular complexity index is 206. The van der Waals surface area contributed by atoms with E-state index >= 15 is 0 Å². The van der Waals surface area contributed by atoms with E-state index in [1.54, 1.807) is 19.0 Å². The van der Waals surface area contributed by atoms with Crippen molar-refractivity contribution in [3.8, 4) is 0 Å². The summed E-state index contributed by atoms with van der Waals surface area (Å²) in [5, 5.41) is 3.29. The molecule has 1 heterocycles. The number of urea groups is 1. The molecular formula is C10H21N3O. The topological polar surface area (TPSA) is 35.6 Å². The van der Waals surface area contributed by atoms with Crippen LogP contribution in [0.25, 0.3) is 0 Å². The van der Waals surface area contributed by atoms with Crippen LogP contribution in [0.15, 0.2) is 0 Å². The Morgan fingerprint density at radius 1 is 1.50 bits per heavy atom. The monoisotopic (exact) mass is 199 g/mol. The van der Waals surface area contributed by atoms with Gasteiger partial charge in [0.15, 0.2) is 0 Å². The van der Waals surface area contributed by atoms with E-state index in [-0.39, 0.29) is 6.03 Å². The molecule has 0 aromatic rings. The lowest BCUT2D eigenvalue weighted by Gasteiger charge is -2.37. The van der Waals surface area contributed by atoms with E-state index in [9.17, 15) is 4.79 Å². The van der Waals surface area contributed by atoms with Gasteiger partial charge in [0.2, 0.25) is 0 Å². The molecule has 14 heavy (non-hydrogen) atoms. The number of hydrogen-bond donors (Lipinski definition) is 1. The maximum Gasteiger partial charge on any atom is 0.319 e. The van der Waals surface area contributed by atoms with Crippen LogP contribution in [0.2, 0.25) is 0 Å². The minimum atomic E-state index is 0.131. The summed E-state index contributed by atoms with van der Waals surface area (Å²) < 4.78 is 0. The summed E-state index contributed by atoms with van der Waals surface area (Å²) in [7, 11) is 5.60. The van der Waals surface area contributed by atoms with Gasteiger partial charge in [-0.1, -0.05) is 6.92 Å². The van der Waals surface area contributed by atoms with Crippen LogP contribution in [0.4, 0.5) is 4.79 Å². The molecule has 1 saturated heterocycles. The Morgan fingerprint density at radius 3 is 2.57 bits per heavy atom. The fraction of sp³-hybridized carbons (Fsp3) is 0.900. The number of carbonyl (C=O) groups excluding carboxylic acids is 1. The molecule has 1 rings (SSSR count). The molecule has 2 atom stereocenters. The lowest BCUT2D eigenvalue weighted by Crippen LogP contribution is -2.51. The first kappa shape index (κ1) is 11.3. The molecule has 1 aliphatic heterocycles. The van der Waals surface area contributed by atoms with Gasteiger partial charge in [-0.15, -0.1) is 0 Å². The standard InChI is InChI=1S/C10H21N3O/c1-8-7-13(10(14)12(3)4)6-5-9(8)11-2/h8-9,11H,5-7H2,1-4H3.